The Hall–Kier alpha value is -0.850. The van der Waals surface area contributed by atoms with E-state index < -0.39 is 10.0 Å². The topological polar surface area (TPSA) is 62.6 Å². The largest absolute Gasteiger partial charge is 0.447 e. The summed E-state index contributed by atoms with van der Waals surface area (Å²) in [6.07, 6.45) is 3.20. The molecule has 0 amide bonds. The van der Waals surface area contributed by atoms with E-state index in [1.807, 2.05) is 13.8 Å². The second kappa shape index (κ2) is 6.07. The molecule has 2 rings (SSSR count). The van der Waals surface area contributed by atoms with Gasteiger partial charge in [0.2, 0.25) is 5.09 Å². The maximum Gasteiger partial charge on any atom is 0.276 e. The van der Waals surface area contributed by atoms with Crippen LogP contribution in [0.25, 0.3) is 0 Å². The summed E-state index contributed by atoms with van der Waals surface area (Å²) < 4.78 is 31.6. The van der Waals surface area contributed by atoms with Gasteiger partial charge in [-0.2, -0.15) is 4.31 Å². The van der Waals surface area contributed by atoms with Crippen molar-refractivity contribution in [1.82, 2.24) is 9.62 Å². The predicted octanol–water partition coefficient (Wildman–Crippen LogP) is 1.95. The minimum Gasteiger partial charge on any atom is -0.447 e. The van der Waals surface area contributed by atoms with E-state index in [4.69, 9.17) is 4.42 Å². The Balaban J connectivity index is 2.06. The minimum absolute atomic E-state index is 0.0513. The Morgan fingerprint density at radius 3 is 2.68 bits per heavy atom. The van der Waals surface area contributed by atoms with Crippen molar-refractivity contribution in [2.75, 3.05) is 13.1 Å². The second-order valence-corrected chi connectivity index (χ2v) is 6.74. The van der Waals surface area contributed by atoms with E-state index in [0.29, 0.717) is 31.4 Å². The van der Waals surface area contributed by atoms with Gasteiger partial charge in [-0.1, -0.05) is 13.8 Å². The SMILES string of the molecule is CCCN(CC)S(=O)(=O)c1ccc(CNC2CC2)o1. The van der Waals surface area contributed by atoms with Gasteiger partial charge in [0.15, 0.2) is 0 Å². The summed E-state index contributed by atoms with van der Waals surface area (Å²) >= 11 is 0. The Morgan fingerprint density at radius 2 is 2.11 bits per heavy atom. The molecule has 0 spiro atoms. The summed E-state index contributed by atoms with van der Waals surface area (Å²) in [6.45, 7) is 5.39. The highest BCUT2D eigenvalue weighted by atomic mass is 32.2. The smallest absolute Gasteiger partial charge is 0.276 e. The third-order valence-corrected chi connectivity index (χ3v) is 5.05. The molecule has 1 aliphatic carbocycles. The van der Waals surface area contributed by atoms with Crippen molar-refractivity contribution < 1.29 is 12.8 Å². The van der Waals surface area contributed by atoms with E-state index in [-0.39, 0.29) is 5.09 Å². The molecule has 5 nitrogen and oxygen atoms in total. The zero-order chi connectivity index (χ0) is 13.9. The molecule has 0 aromatic carbocycles. The molecule has 0 radical (unpaired) electrons. The van der Waals surface area contributed by atoms with Crippen molar-refractivity contribution in [2.24, 2.45) is 0 Å². The highest BCUT2D eigenvalue weighted by Crippen LogP contribution is 2.22. The molecular formula is C13H22N2O3S. The third kappa shape index (κ3) is 3.58. The average Bonchev–Trinajstić information content (AvgIpc) is 3.09. The summed E-state index contributed by atoms with van der Waals surface area (Å²) in [5, 5.41) is 3.36. The van der Waals surface area contributed by atoms with Gasteiger partial charge in [-0.3, -0.25) is 0 Å². The van der Waals surface area contributed by atoms with Crippen LogP contribution in [0.15, 0.2) is 21.6 Å². The van der Waals surface area contributed by atoms with Gasteiger partial charge >= 0.3 is 0 Å². The van der Waals surface area contributed by atoms with Crippen molar-refractivity contribution in [3.8, 4) is 0 Å². The molecule has 0 bridgehead atoms. The van der Waals surface area contributed by atoms with Gasteiger partial charge < -0.3 is 9.73 Å². The average molecular weight is 286 g/mol. The van der Waals surface area contributed by atoms with Crippen LogP contribution in [0.5, 0.6) is 0 Å². The standard InChI is InChI=1S/C13H22N2O3S/c1-3-9-15(4-2)19(16,17)13-8-7-12(18-13)10-14-11-5-6-11/h7-8,11,14H,3-6,9-10H2,1-2H3. The van der Waals surface area contributed by atoms with Gasteiger partial charge in [0, 0.05) is 19.1 Å². The van der Waals surface area contributed by atoms with Gasteiger partial charge in [0.05, 0.1) is 6.54 Å². The number of nitrogens with one attached hydrogen (secondary N) is 1. The predicted molar refractivity (Wildman–Crippen MR) is 73.3 cm³/mol. The lowest BCUT2D eigenvalue weighted by Crippen LogP contribution is -2.31. The molecule has 108 valence electrons. The molecule has 1 saturated carbocycles. The number of nitrogens with zero attached hydrogens (tertiary/aromatic N) is 1. The van der Waals surface area contributed by atoms with E-state index in [9.17, 15) is 8.42 Å². The van der Waals surface area contributed by atoms with Gasteiger partial charge in [0.25, 0.3) is 10.0 Å². The highest BCUT2D eigenvalue weighted by molar-refractivity contribution is 7.89. The number of sulfonamides is 1. The van der Waals surface area contributed by atoms with Crippen molar-refractivity contribution in [3.05, 3.63) is 17.9 Å². The van der Waals surface area contributed by atoms with Crippen LogP contribution in [0.1, 0.15) is 38.9 Å². The van der Waals surface area contributed by atoms with Crippen LogP contribution in [0.2, 0.25) is 0 Å². The van der Waals surface area contributed by atoms with Gasteiger partial charge in [-0.05, 0) is 31.4 Å². The molecule has 0 atom stereocenters. The molecule has 0 aliphatic heterocycles. The molecule has 1 aromatic heterocycles. The van der Waals surface area contributed by atoms with E-state index in [1.54, 1.807) is 12.1 Å². The highest BCUT2D eigenvalue weighted by Gasteiger charge is 2.26. The van der Waals surface area contributed by atoms with Gasteiger partial charge in [-0.25, -0.2) is 8.42 Å². The number of hydrogen-bond acceptors (Lipinski definition) is 4. The maximum atomic E-state index is 12.3. The molecule has 0 saturated heterocycles. The minimum atomic E-state index is -3.48. The Morgan fingerprint density at radius 1 is 1.37 bits per heavy atom. The molecule has 1 aliphatic rings. The molecule has 19 heavy (non-hydrogen) atoms. The molecule has 1 fully saturated rings. The second-order valence-electron chi connectivity index (χ2n) is 4.87. The zero-order valence-corrected chi connectivity index (χ0v) is 12.4. The monoisotopic (exact) mass is 286 g/mol. The van der Waals surface area contributed by atoms with Crippen molar-refractivity contribution in [1.29, 1.82) is 0 Å². The first-order valence-electron chi connectivity index (χ1n) is 6.90. The molecule has 1 N–H and O–H groups in total. The third-order valence-electron chi connectivity index (χ3n) is 3.20. The van der Waals surface area contributed by atoms with E-state index in [2.05, 4.69) is 5.32 Å². The lowest BCUT2D eigenvalue weighted by atomic mass is 10.4. The van der Waals surface area contributed by atoms with Crippen LogP contribution in [0.4, 0.5) is 0 Å². The first-order valence-corrected chi connectivity index (χ1v) is 8.34. The van der Waals surface area contributed by atoms with Crippen LogP contribution >= 0.6 is 0 Å². The normalized spacial score (nSPS) is 16.2. The maximum absolute atomic E-state index is 12.3. The number of furan rings is 1. The Bertz CT molecular complexity index is 506. The fourth-order valence-corrected chi connectivity index (χ4v) is 3.42. The van der Waals surface area contributed by atoms with E-state index in [0.717, 1.165) is 6.42 Å². The zero-order valence-electron chi connectivity index (χ0n) is 11.6. The molecule has 6 heteroatoms. The Kier molecular flexibility index (Phi) is 4.65. The lowest BCUT2D eigenvalue weighted by molar-refractivity contribution is 0.368. The summed E-state index contributed by atoms with van der Waals surface area (Å²) in [6, 6.07) is 3.87. The van der Waals surface area contributed by atoms with Gasteiger partial charge in [-0.15, -0.1) is 0 Å². The summed E-state index contributed by atoms with van der Waals surface area (Å²) in [7, 11) is -3.48. The lowest BCUT2D eigenvalue weighted by Gasteiger charge is -2.17. The molecular weight excluding hydrogens is 264 g/mol. The fourth-order valence-electron chi connectivity index (χ4n) is 1.95. The van der Waals surface area contributed by atoms with E-state index in [1.165, 1.54) is 17.1 Å². The molecule has 1 aromatic rings. The van der Waals surface area contributed by atoms with Crippen molar-refractivity contribution in [2.45, 2.75) is 50.8 Å². The quantitative estimate of drug-likeness (QED) is 0.793. The van der Waals surface area contributed by atoms with Gasteiger partial charge in [0.1, 0.15) is 5.76 Å². The molecule has 0 unspecified atom stereocenters. The van der Waals surface area contributed by atoms with Crippen LogP contribution in [0, 0.1) is 0 Å². The number of rotatable bonds is 8. The van der Waals surface area contributed by atoms with Crippen molar-refractivity contribution >= 4 is 10.0 Å². The van der Waals surface area contributed by atoms with E-state index >= 15 is 0 Å². The fraction of sp³-hybridized carbons (Fsp3) is 0.692. The van der Waals surface area contributed by atoms with Crippen LogP contribution in [-0.4, -0.2) is 31.9 Å². The first-order chi connectivity index (χ1) is 9.07. The summed E-state index contributed by atoms with van der Waals surface area (Å²) in [5.41, 5.74) is 0. The van der Waals surface area contributed by atoms with Crippen LogP contribution in [-0.2, 0) is 16.6 Å². The number of hydrogen-bond donors (Lipinski definition) is 1. The van der Waals surface area contributed by atoms with Crippen LogP contribution in [0.3, 0.4) is 0 Å². The van der Waals surface area contributed by atoms with Crippen molar-refractivity contribution in [3.63, 3.8) is 0 Å². The first kappa shape index (κ1) is 14.6. The summed E-state index contributed by atoms with van der Waals surface area (Å²) in [5.74, 6) is 0.679. The molecule has 1 heterocycles. The van der Waals surface area contributed by atoms with Crippen LogP contribution < -0.4 is 5.32 Å². The summed E-state index contributed by atoms with van der Waals surface area (Å²) in [4.78, 5) is 0. The Labute approximate surface area is 115 Å².